The molecule has 1 heterocycles. The number of morpholine rings is 1. The summed E-state index contributed by atoms with van der Waals surface area (Å²) in [5, 5.41) is 0. The highest BCUT2D eigenvalue weighted by molar-refractivity contribution is 5.69. The normalized spacial score (nSPS) is 14.7. The molecule has 1 saturated heterocycles. The van der Waals surface area contributed by atoms with Gasteiger partial charge in [-0.1, -0.05) is 0 Å². The van der Waals surface area contributed by atoms with E-state index >= 15 is 0 Å². The number of nitrogens with zero attached hydrogens (tertiary/aromatic N) is 1. The maximum absolute atomic E-state index is 11.0. The van der Waals surface area contributed by atoms with Gasteiger partial charge in [-0.2, -0.15) is 0 Å². The number of methoxy groups -OCH3 is 1. The summed E-state index contributed by atoms with van der Waals surface area (Å²) in [7, 11) is 1.41. The van der Waals surface area contributed by atoms with Crippen LogP contribution in [0.4, 0.5) is 11.4 Å². The Kier molecular flexibility index (Phi) is 7.16. The summed E-state index contributed by atoms with van der Waals surface area (Å²) in [5.74, 6) is -0.171. The van der Waals surface area contributed by atoms with Crippen LogP contribution in [0.5, 0.6) is 0 Å². The van der Waals surface area contributed by atoms with Crippen LogP contribution >= 0.6 is 0 Å². The van der Waals surface area contributed by atoms with Gasteiger partial charge in [0.25, 0.3) is 0 Å². The Balaban J connectivity index is 1.81. The predicted octanol–water partition coefficient (Wildman–Crippen LogP) is 1.97. The second-order valence-corrected chi connectivity index (χ2v) is 5.57. The number of unbranched alkanes of at least 4 members (excludes halogenated alkanes) is 1. The number of nitrogen functional groups attached to an aromatic ring is 1. The Hall–Kier alpha value is -1.79. The maximum atomic E-state index is 11.0. The monoisotopic (exact) mass is 322 g/mol. The van der Waals surface area contributed by atoms with E-state index in [4.69, 9.17) is 15.2 Å². The number of carbonyl (C=O) groups is 1. The van der Waals surface area contributed by atoms with Gasteiger partial charge in [0.15, 0.2) is 0 Å². The van der Waals surface area contributed by atoms with Gasteiger partial charge in [-0.15, -0.1) is 0 Å². The van der Waals surface area contributed by atoms with E-state index in [1.54, 1.807) is 0 Å². The lowest BCUT2D eigenvalue weighted by molar-refractivity contribution is -0.140. The molecule has 0 aliphatic carbocycles. The molecular formula is C17H26N2O4. The zero-order valence-electron chi connectivity index (χ0n) is 13.8. The van der Waals surface area contributed by atoms with Gasteiger partial charge in [-0.3, -0.25) is 4.79 Å². The number of hydrogen-bond donors (Lipinski definition) is 1. The number of ether oxygens (including phenoxy) is 3. The van der Waals surface area contributed by atoms with Crippen LogP contribution < -0.4 is 10.6 Å². The van der Waals surface area contributed by atoms with Gasteiger partial charge < -0.3 is 24.8 Å². The van der Waals surface area contributed by atoms with Crippen molar-refractivity contribution in [3.63, 3.8) is 0 Å². The van der Waals surface area contributed by atoms with E-state index in [0.29, 0.717) is 19.6 Å². The van der Waals surface area contributed by atoms with Crippen molar-refractivity contribution in [3.8, 4) is 0 Å². The lowest BCUT2D eigenvalue weighted by Crippen LogP contribution is -2.36. The summed E-state index contributed by atoms with van der Waals surface area (Å²) in [6.45, 7) is 4.41. The number of anilines is 2. The van der Waals surface area contributed by atoms with E-state index in [-0.39, 0.29) is 5.97 Å². The molecule has 1 aromatic carbocycles. The van der Waals surface area contributed by atoms with Crippen molar-refractivity contribution >= 4 is 17.3 Å². The SMILES string of the molecule is COC(=O)CCCCOCc1cc(N)ccc1N1CCOCC1. The quantitative estimate of drug-likeness (QED) is 0.448. The van der Waals surface area contributed by atoms with Crippen LogP contribution in [0.15, 0.2) is 18.2 Å². The Bertz CT molecular complexity index is 501. The molecule has 0 spiro atoms. The third-order valence-electron chi connectivity index (χ3n) is 3.86. The number of rotatable bonds is 8. The molecule has 2 N–H and O–H groups in total. The highest BCUT2D eigenvalue weighted by Crippen LogP contribution is 2.25. The molecular weight excluding hydrogens is 296 g/mol. The summed E-state index contributed by atoms with van der Waals surface area (Å²) in [5.41, 5.74) is 8.91. The van der Waals surface area contributed by atoms with E-state index in [9.17, 15) is 4.79 Å². The second kappa shape index (κ2) is 9.37. The molecule has 128 valence electrons. The zero-order chi connectivity index (χ0) is 16.5. The topological polar surface area (TPSA) is 74.0 Å². The molecule has 1 aliphatic heterocycles. The van der Waals surface area contributed by atoms with Gasteiger partial charge in [-0.25, -0.2) is 0 Å². The molecule has 2 rings (SSSR count). The number of hydrogen-bond acceptors (Lipinski definition) is 6. The summed E-state index contributed by atoms with van der Waals surface area (Å²) in [6.07, 6.45) is 2.06. The predicted molar refractivity (Wildman–Crippen MR) is 89.4 cm³/mol. The smallest absolute Gasteiger partial charge is 0.305 e. The first-order valence-electron chi connectivity index (χ1n) is 8.06. The number of benzene rings is 1. The molecule has 0 bridgehead atoms. The molecule has 0 atom stereocenters. The molecule has 1 fully saturated rings. The third kappa shape index (κ3) is 5.73. The summed E-state index contributed by atoms with van der Waals surface area (Å²) in [6, 6.07) is 5.94. The minimum absolute atomic E-state index is 0.171. The lowest BCUT2D eigenvalue weighted by Gasteiger charge is -2.30. The first-order chi connectivity index (χ1) is 11.2. The fourth-order valence-corrected chi connectivity index (χ4v) is 2.59. The standard InChI is InChI=1S/C17H26N2O4/c1-21-17(20)4-2-3-9-23-13-14-12-15(18)5-6-16(14)19-7-10-22-11-8-19/h5-6,12H,2-4,7-11,13,18H2,1H3. The van der Waals surface area contributed by atoms with Gasteiger partial charge in [0.1, 0.15) is 0 Å². The van der Waals surface area contributed by atoms with Crippen molar-refractivity contribution in [2.75, 3.05) is 50.7 Å². The fourth-order valence-electron chi connectivity index (χ4n) is 2.59. The summed E-state index contributed by atoms with van der Waals surface area (Å²) < 4.78 is 15.8. The van der Waals surface area contributed by atoms with E-state index < -0.39 is 0 Å². The Morgan fingerprint density at radius 3 is 2.83 bits per heavy atom. The lowest BCUT2D eigenvalue weighted by atomic mass is 10.1. The average molecular weight is 322 g/mol. The van der Waals surface area contributed by atoms with Gasteiger partial charge in [0.2, 0.25) is 0 Å². The molecule has 6 nitrogen and oxygen atoms in total. The highest BCUT2D eigenvalue weighted by Gasteiger charge is 2.15. The molecule has 0 amide bonds. The Labute approximate surface area is 137 Å². The van der Waals surface area contributed by atoms with Crippen molar-refractivity contribution < 1.29 is 19.0 Å². The molecule has 0 unspecified atom stereocenters. The second-order valence-electron chi connectivity index (χ2n) is 5.57. The molecule has 0 radical (unpaired) electrons. The average Bonchev–Trinajstić information content (AvgIpc) is 2.58. The first-order valence-corrected chi connectivity index (χ1v) is 8.06. The van der Waals surface area contributed by atoms with E-state index in [1.165, 1.54) is 7.11 Å². The molecule has 0 aromatic heterocycles. The number of carbonyl (C=O) groups excluding carboxylic acids is 1. The van der Waals surface area contributed by atoms with E-state index in [1.807, 2.05) is 12.1 Å². The zero-order valence-corrected chi connectivity index (χ0v) is 13.8. The van der Waals surface area contributed by atoms with Crippen molar-refractivity contribution in [1.82, 2.24) is 0 Å². The van der Waals surface area contributed by atoms with Crippen LogP contribution in [0, 0.1) is 0 Å². The Morgan fingerprint density at radius 1 is 1.30 bits per heavy atom. The van der Waals surface area contributed by atoms with Gasteiger partial charge in [0.05, 0.1) is 26.9 Å². The van der Waals surface area contributed by atoms with Crippen LogP contribution in [0.3, 0.4) is 0 Å². The molecule has 23 heavy (non-hydrogen) atoms. The van der Waals surface area contributed by atoms with Gasteiger partial charge in [-0.05, 0) is 31.0 Å². The fraction of sp³-hybridized carbons (Fsp3) is 0.588. The van der Waals surface area contributed by atoms with Crippen molar-refractivity contribution in [3.05, 3.63) is 23.8 Å². The summed E-state index contributed by atoms with van der Waals surface area (Å²) >= 11 is 0. The van der Waals surface area contributed by atoms with Gasteiger partial charge in [0, 0.05) is 43.1 Å². The van der Waals surface area contributed by atoms with E-state index in [2.05, 4.69) is 15.7 Å². The molecule has 1 aromatic rings. The maximum Gasteiger partial charge on any atom is 0.305 e. The van der Waals surface area contributed by atoms with Crippen molar-refractivity contribution in [1.29, 1.82) is 0 Å². The molecule has 0 saturated carbocycles. The van der Waals surface area contributed by atoms with Crippen LogP contribution in [-0.4, -0.2) is 46.0 Å². The Morgan fingerprint density at radius 2 is 2.09 bits per heavy atom. The number of esters is 1. The molecule has 1 aliphatic rings. The highest BCUT2D eigenvalue weighted by atomic mass is 16.5. The number of nitrogens with two attached hydrogens (primary N) is 1. The van der Waals surface area contributed by atoms with Gasteiger partial charge >= 0.3 is 5.97 Å². The van der Waals surface area contributed by atoms with Crippen LogP contribution in [0.1, 0.15) is 24.8 Å². The summed E-state index contributed by atoms with van der Waals surface area (Å²) in [4.78, 5) is 13.3. The molecule has 6 heteroatoms. The van der Waals surface area contributed by atoms with Crippen LogP contribution in [-0.2, 0) is 25.6 Å². The van der Waals surface area contributed by atoms with Crippen LogP contribution in [0.25, 0.3) is 0 Å². The minimum Gasteiger partial charge on any atom is -0.469 e. The minimum atomic E-state index is -0.171. The first kappa shape index (κ1) is 17.6. The van der Waals surface area contributed by atoms with Crippen LogP contribution in [0.2, 0.25) is 0 Å². The third-order valence-corrected chi connectivity index (χ3v) is 3.86. The largest absolute Gasteiger partial charge is 0.469 e. The van der Waals surface area contributed by atoms with E-state index in [0.717, 1.165) is 56.1 Å². The van der Waals surface area contributed by atoms with Crippen molar-refractivity contribution in [2.24, 2.45) is 0 Å². The van der Waals surface area contributed by atoms with Crippen molar-refractivity contribution in [2.45, 2.75) is 25.9 Å².